The lowest BCUT2D eigenvalue weighted by Crippen LogP contribution is -2.47. The van der Waals surface area contributed by atoms with Crippen LogP contribution in [0, 0.1) is 0 Å². The molecule has 1 amide bonds. The number of carbonyl (C=O) groups is 1. The van der Waals surface area contributed by atoms with Crippen LogP contribution in [0.3, 0.4) is 0 Å². The van der Waals surface area contributed by atoms with Gasteiger partial charge in [0.05, 0.1) is 6.54 Å². The third kappa shape index (κ3) is 5.06. The molecule has 2 aliphatic rings. The highest BCUT2D eigenvalue weighted by Gasteiger charge is 2.21. The summed E-state index contributed by atoms with van der Waals surface area (Å²) in [6.45, 7) is 7.85. The molecule has 0 spiro atoms. The molecule has 1 unspecified atom stereocenters. The molecule has 0 bridgehead atoms. The topological polar surface area (TPSA) is 35.6 Å². The third-order valence-corrected chi connectivity index (χ3v) is 4.66. The SMILES string of the molecule is CCN(CC(=O)N1CCCCCC1)CC1CCCCN1. The lowest BCUT2D eigenvalue weighted by Gasteiger charge is -2.31. The van der Waals surface area contributed by atoms with Crippen molar-refractivity contribution >= 4 is 5.91 Å². The first-order chi connectivity index (χ1) is 9.79. The number of hydrogen-bond donors (Lipinski definition) is 1. The maximum absolute atomic E-state index is 12.4. The maximum atomic E-state index is 12.4. The van der Waals surface area contributed by atoms with Crippen LogP contribution in [0.1, 0.15) is 51.9 Å². The number of nitrogens with zero attached hydrogens (tertiary/aromatic N) is 2. The fourth-order valence-corrected chi connectivity index (χ4v) is 3.31. The van der Waals surface area contributed by atoms with Gasteiger partial charge in [-0.15, -0.1) is 0 Å². The van der Waals surface area contributed by atoms with Crippen molar-refractivity contribution in [2.45, 2.75) is 57.9 Å². The highest BCUT2D eigenvalue weighted by molar-refractivity contribution is 5.78. The van der Waals surface area contributed by atoms with Crippen molar-refractivity contribution in [3.8, 4) is 0 Å². The lowest BCUT2D eigenvalue weighted by molar-refractivity contribution is -0.132. The molecule has 1 N–H and O–H groups in total. The predicted molar refractivity (Wildman–Crippen MR) is 82.8 cm³/mol. The molecule has 4 heteroatoms. The van der Waals surface area contributed by atoms with Crippen molar-refractivity contribution in [3.05, 3.63) is 0 Å². The van der Waals surface area contributed by atoms with Gasteiger partial charge in [-0.1, -0.05) is 26.2 Å². The van der Waals surface area contributed by atoms with Gasteiger partial charge >= 0.3 is 0 Å². The second kappa shape index (κ2) is 8.63. The van der Waals surface area contributed by atoms with Crippen LogP contribution in [0.15, 0.2) is 0 Å². The van der Waals surface area contributed by atoms with Crippen molar-refractivity contribution in [1.29, 1.82) is 0 Å². The fraction of sp³-hybridized carbons (Fsp3) is 0.938. The highest BCUT2D eigenvalue weighted by Crippen LogP contribution is 2.11. The highest BCUT2D eigenvalue weighted by atomic mass is 16.2. The molecular weight excluding hydrogens is 250 g/mol. The number of rotatable bonds is 5. The Balaban J connectivity index is 1.77. The van der Waals surface area contributed by atoms with Gasteiger partial charge in [-0.05, 0) is 38.8 Å². The molecule has 2 rings (SSSR count). The lowest BCUT2D eigenvalue weighted by atomic mass is 10.0. The van der Waals surface area contributed by atoms with E-state index in [-0.39, 0.29) is 0 Å². The summed E-state index contributed by atoms with van der Waals surface area (Å²) in [4.78, 5) is 16.8. The minimum Gasteiger partial charge on any atom is -0.342 e. The van der Waals surface area contributed by atoms with E-state index in [1.807, 2.05) is 0 Å². The Hall–Kier alpha value is -0.610. The smallest absolute Gasteiger partial charge is 0.236 e. The summed E-state index contributed by atoms with van der Waals surface area (Å²) in [6.07, 6.45) is 8.82. The van der Waals surface area contributed by atoms with Gasteiger partial charge in [-0.2, -0.15) is 0 Å². The number of likely N-dealkylation sites (tertiary alicyclic amines) is 1. The Kier molecular flexibility index (Phi) is 6.80. The van der Waals surface area contributed by atoms with E-state index in [0.717, 1.165) is 32.7 Å². The van der Waals surface area contributed by atoms with Gasteiger partial charge in [0.15, 0.2) is 0 Å². The Morgan fingerprint density at radius 2 is 1.90 bits per heavy atom. The van der Waals surface area contributed by atoms with Crippen molar-refractivity contribution in [1.82, 2.24) is 15.1 Å². The average Bonchev–Trinajstić information content (AvgIpc) is 2.76. The largest absolute Gasteiger partial charge is 0.342 e. The van der Waals surface area contributed by atoms with Gasteiger partial charge in [-0.3, -0.25) is 9.69 Å². The normalized spacial score (nSPS) is 24.7. The molecule has 0 radical (unpaired) electrons. The summed E-state index contributed by atoms with van der Waals surface area (Å²) in [7, 11) is 0. The first-order valence-corrected chi connectivity index (χ1v) is 8.53. The molecule has 0 aliphatic carbocycles. The number of nitrogens with one attached hydrogen (secondary N) is 1. The Labute approximate surface area is 123 Å². The van der Waals surface area contributed by atoms with Gasteiger partial charge < -0.3 is 10.2 Å². The van der Waals surface area contributed by atoms with Crippen LogP contribution in [-0.4, -0.2) is 61.0 Å². The van der Waals surface area contributed by atoms with Crippen molar-refractivity contribution < 1.29 is 4.79 Å². The quantitative estimate of drug-likeness (QED) is 0.835. The molecule has 2 saturated heterocycles. The minimum atomic E-state index is 0.338. The van der Waals surface area contributed by atoms with Gasteiger partial charge in [-0.25, -0.2) is 0 Å². The standard InChI is InChI=1S/C16H31N3O/c1-2-18(13-15-9-5-6-10-17-15)14-16(20)19-11-7-3-4-8-12-19/h15,17H,2-14H2,1H3. The molecule has 0 aromatic carbocycles. The monoisotopic (exact) mass is 281 g/mol. The molecule has 116 valence electrons. The van der Waals surface area contributed by atoms with Crippen molar-refractivity contribution in [2.24, 2.45) is 0 Å². The van der Waals surface area contributed by atoms with E-state index in [1.165, 1.54) is 44.9 Å². The maximum Gasteiger partial charge on any atom is 0.236 e. The summed E-state index contributed by atoms with van der Waals surface area (Å²) in [5.41, 5.74) is 0. The summed E-state index contributed by atoms with van der Waals surface area (Å²) in [6, 6.07) is 0.584. The predicted octanol–water partition coefficient (Wildman–Crippen LogP) is 1.85. The van der Waals surface area contributed by atoms with Crippen molar-refractivity contribution in [3.63, 3.8) is 0 Å². The summed E-state index contributed by atoms with van der Waals surface area (Å²) < 4.78 is 0. The van der Waals surface area contributed by atoms with Gasteiger partial charge in [0.25, 0.3) is 0 Å². The molecular formula is C16H31N3O. The number of likely N-dealkylation sites (N-methyl/N-ethyl adjacent to an activating group) is 1. The van der Waals surface area contributed by atoms with Gasteiger partial charge in [0.2, 0.25) is 5.91 Å². The fourth-order valence-electron chi connectivity index (χ4n) is 3.31. The summed E-state index contributed by atoms with van der Waals surface area (Å²) in [5, 5.41) is 3.58. The van der Waals surface area contributed by atoms with Gasteiger partial charge in [0.1, 0.15) is 0 Å². The van der Waals surface area contributed by atoms with Crippen LogP contribution in [0.4, 0.5) is 0 Å². The number of amides is 1. The summed E-state index contributed by atoms with van der Waals surface area (Å²) in [5.74, 6) is 0.338. The first-order valence-electron chi connectivity index (χ1n) is 8.53. The molecule has 1 atom stereocenters. The van der Waals surface area contributed by atoms with Crippen molar-refractivity contribution in [2.75, 3.05) is 39.3 Å². The zero-order chi connectivity index (χ0) is 14.2. The number of hydrogen-bond acceptors (Lipinski definition) is 3. The van der Waals surface area contributed by atoms with E-state index >= 15 is 0 Å². The number of carbonyl (C=O) groups excluding carboxylic acids is 1. The molecule has 2 aliphatic heterocycles. The Bertz CT molecular complexity index is 281. The van der Waals surface area contributed by atoms with E-state index in [2.05, 4.69) is 22.0 Å². The first kappa shape index (κ1) is 15.8. The third-order valence-electron chi connectivity index (χ3n) is 4.66. The average molecular weight is 281 g/mol. The minimum absolute atomic E-state index is 0.338. The van der Waals surface area contributed by atoms with Crippen LogP contribution in [0.5, 0.6) is 0 Å². The second-order valence-electron chi connectivity index (χ2n) is 6.27. The van der Waals surface area contributed by atoms with E-state index < -0.39 is 0 Å². The zero-order valence-electron chi connectivity index (χ0n) is 13.1. The van der Waals surface area contributed by atoms with E-state index in [0.29, 0.717) is 18.5 Å². The van der Waals surface area contributed by atoms with Crippen LogP contribution < -0.4 is 5.32 Å². The molecule has 20 heavy (non-hydrogen) atoms. The van der Waals surface area contributed by atoms with E-state index in [1.54, 1.807) is 0 Å². The Morgan fingerprint density at radius 3 is 2.50 bits per heavy atom. The second-order valence-corrected chi connectivity index (χ2v) is 6.27. The van der Waals surface area contributed by atoms with Crippen LogP contribution in [0.2, 0.25) is 0 Å². The van der Waals surface area contributed by atoms with E-state index in [9.17, 15) is 4.79 Å². The van der Waals surface area contributed by atoms with E-state index in [4.69, 9.17) is 0 Å². The van der Waals surface area contributed by atoms with Crippen LogP contribution in [0.25, 0.3) is 0 Å². The molecule has 0 aromatic heterocycles. The molecule has 2 heterocycles. The molecule has 0 saturated carbocycles. The summed E-state index contributed by atoms with van der Waals surface area (Å²) >= 11 is 0. The molecule has 2 fully saturated rings. The zero-order valence-corrected chi connectivity index (χ0v) is 13.1. The molecule has 0 aromatic rings. The van der Waals surface area contributed by atoms with Crippen LogP contribution in [-0.2, 0) is 4.79 Å². The Morgan fingerprint density at radius 1 is 1.15 bits per heavy atom. The number of piperidine rings is 1. The van der Waals surface area contributed by atoms with Crippen LogP contribution >= 0.6 is 0 Å². The molecule has 4 nitrogen and oxygen atoms in total. The van der Waals surface area contributed by atoms with Gasteiger partial charge in [0, 0.05) is 25.7 Å².